The van der Waals surface area contributed by atoms with Crippen LogP contribution < -0.4 is 20.7 Å². The number of aromatic nitrogens is 1. The molecule has 3 aromatic rings. The van der Waals surface area contributed by atoms with E-state index >= 15 is 0 Å². The lowest BCUT2D eigenvalue weighted by atomic mass is 9.97. The summed E-state index contributed by atoms with van der Waals surface area (Å²) < 4.78 is 5.27. The van der Waals surface area contributed by atoms with Crippen molar-refractivity contribution in [3.05, 3.63) is 88.5 Å². The van der Waals surface area contributed by atoms with E-state index in [4.69, 9.17) is 4.74 Å². The summed E-state index contributed by atoms with van der Waals surface area (Å²) in [5.41, 5.74) is 5.23. The SMILES string of the molecule is CCCCc1cccc(C[C@H](NC(=O)c2cc(NC)nc(OC)c2)[C@@H](O)CNCc2cccc(C(C)C)c2)c1. The molecule has 2 aromatic carbocycles. The van der Waals surface area contributed by atoms with Crippen LogP contribution in [0.4, 0.5) is 5.82 Å². The quantitative estimate of drug-likeness (QED) is 0.218. The molecular formula is C32H44N4O3. The van der Waals surface area contributed by atoms with E-state index in [0.717, 1.165) is 24.8 Å². The normalized spacial score (nSPS) is 12.7. The lowest BCUT2D eigenvalue weighted by molar-refractivity contribution is 0.0829. The molecule has 0 aliphatic rings. The Bertz CT molecular complexity index is 1180. The molecule has 0 aliphatic carbocycles. The number of aliphatic hydroxyl groups excluding tert-OH is 1. The number of rotatable bonds is 15. The number of nitrogens with one attached hydrogen (secondary N) is 3. The van der Waals surface area contributed by atoms with Crippen LogP contribution in [0.5, 0.6) is 5.88 Å². The number of carbonyl (C=O) groups excluding carboxylic acids is 1. The highest BCUT2D eigenvalue weighted by molar-refractivity contribution is 5.95. The number of hydrogen-bond donors (Lipinski definition) is 4. The lowest BCUT2D eigenvalue weighted by Crippen LogP contribution is -2.48. The first-order chi connectivity index (χ1) is 18.8. The van der Waals surface area contributed by atoms with Gasteiger partial charge in [0.1, 0.15) is 5.82 Å². The predicted octanol–water partition coefficient (Wildman–Crippen LogP) is 5.09. The molecule has 0 aliphatic heterocycles. The Balaban J connectivity index is 1.75. The first kappa shape index (κ1) is 30.1. The Morgan fingerprint density at radius 3 is 2.49 bits per heavy atom. The summed E-state index contributed by atoms with van der Waals surface area (Å²) in [5, 5.41) is 20.7. The van der Waals surface area contributed by atoms with Gasteiger partial charge in [-0.1, -0.05) is 75.7 Å². The Hall–Kier alpha value is -3.42. The fraction of sp³-hybridized carbons (Fsp3) is 0.438. The summed E-state index contributed by atoms with van der Waals surface area (Å²) in [6.45, 7) is 7.52. The van der Waals surface area contributed by atoms with Gasteiger partial charge < -0.3 is 25.8 Å². The largest absolute Gasteiger partial charge is 0.481 e. The van der Waals surface area contributed by atoms with Gasteiger partial charge in [0, 0.05) is 31.8 Å². The summed E-state index contributed by atoms with van der Waals surface area (Å²) in [4.78, 5) is 17.6. The minimum Gasteiger partial charge on any atom is -0.481 e. The number of benzene rings is 2. The second-order valence-electron chi connectivity index (χ2n) is 10.3. The third kappa shape index (κ3) is 9.37. The van der Waals surface area contributed by atoms with Crippen molar-refractivity contribution in [3.8, 4) is 5.88 Å². The van der Waals surface area contributed by atoms with Crippen LogP contribution in [0.1, 0.15) is 72.1 Å². The summed E-state index contributed by atoms with van der Waals surface area (Å²) >= 11 is 0. The van der Waals surface area contributed by atoms with E-state index in [9.17, 15) is 9.90 Å². The van der Waals surface area contributed by atoms with Crippen molar-refractivity contribution in [2.24, 2.45) is 0 Å². The van der Waals surface area contributed by atoms with E-state index in [1.54, 1.807) is 19.2 Å². The molecule has 4 N–H and O–H groups in total. The minimum atomic E-state index is -0.797. The van der Waals surface area contributed by atoms with Crippen molar-refractivity contribution < 1.29 is 14.6 Å². The van der Waals surface area contributed by atoms with Gasteiger partial charge in [0.25, 0.3) is 5.91 Å². The molecule has 2 atom stereocenters. The van der Waals surface area contributed by atoms with Gasteiger partial charge in [-0.3, -0.25) is 4.79 Å². The second kappa shape index (κ2) is 15.2. The van der Waals surface area contributed by atoms with Gasteiger partial charge in [0.2, 0.25) is 5.88 Å². The molecule has 0 bridgehead atoms. The van der Waals surface area contributed by atoms with Gasteiger partial charge >= 0.3 is 0 Å². The van der Waals surface area contributed by atoms with E-state index in [0.29, 0.717) is 42.7 Å². The summed E-state index contributed by atoms with van der Waals surface area (Å²) in [7, 11) is 3.26. The molecule has 39 heavy (non-hydrogen) atoms. The van der Waals surface area contributed by atoms with Crippen LogP contribution in [0, 0.1) is 0 Å². The van der Waals surface area contributed by atoms with E-state index < -0.39 is 12.1 Å². The number of anilines is 1. The number of hydrogen-bond acceptors (Lipinski definition) is 6. The summed E-state index contributed by atoms with van der Waals surface area (Å²) in [6, 6.07) is 19.7. The van der Waals surface area contributed by atoms with Crippen LogP contribution in [0.3, 0.4) is 0 Å². The maximum absolute atomic E-state index is 13.3. The first-order valence-corrected chi connectivity index (χ1v) is 13.9. The molecule has 1 amide bonds. The molecule has 7 nitrogen and oxygen atoms in total. The van der Waals surface area contributed by atoms with Crippen LogP contribution >= 0.6 is 0 Å². The molecule has 0 saturated heterocycles. The van der Waals surface area contributed by atoms with Gasteiger partial charge in [-0.05, 0) is 53.5 Å². The molecule has 0 radical (unpaired) electrons. The van der Waals surface area contributed by atoms with E-state index in [1.165, 1.54) is 23.8 Å². The van der Waals surface area contributed by atoms with Gasteiger partial charge in [-0.15, -0.1) is 0 Å². The molecule has 0 unspecified atom stereocenters. The number of carbonyl (C=O) groups is 1. The Labute approximate surface area is 233 Å². The summed E-state index contributed by atoms with van der Waals surface area (Å²) in [5.74, 6) is 1.05. The minimum absolute atomic E-state index is 0.289. The predicted molar refractivity (Wildman–Crippen MR) is 159 cm³/mol. The maximum Gasteiger partial charge on any atom is 0.251 e. The maximum atomic E-state index is 13.3. The Morgan fingerprint density at radius 2 is 1.77 bits per heavy atom. The molecule has 0 saturated carbocycles. The number of unbranched alkanes of at least 4 members (excludes halogenated alkanes) is 1. The number of nitrogens with zero attached hydrogens (tertiary/aromatic N) is 1. The number of aliphatic hydroxyl groups is 1. The van der Waals surface area contributed by atoms with E-state index in [-0.39, 0.29) is 5.91 Å². The fourth-order valence-electron chi connectivity index (χ4n) is 4.52. The first-order valence-electron chi connectivity index (χ1n) is 13.9. The molecule has 1 aromatic heterocycles. The highest BCUT2D eigenvalue weighted by atomic mass is 16.5. The second-order valence-corrected chi connectivity index (χ2v) is 10.3. The van der Waals surface area contributed by atoms with Crippen LogP contribution in [0.15, 0.2) is 60.7 Å². The zero-order valence-electron chi connectivity index (χ0n) is 24.0. The number of ether oxygens (including phenoxy) is 1. The Morgan fingerprint density at radius 1 is 1.03 bits per heavy atom. The van der Waals surface area contributed by atoms with Gasteiger partial charge in [-0.25, -0.2) is 0 Å². The third-order valence-electron chi connectivity index (χ3n) is 6.88. The van der Waals surface area contributed by atoms with Crippen molar-refractivity contribution >= 4 is 11.7 Å². The summed E-state index contributed by atoms with van der Waals surface area (Å²) in [6.07, 6.45) is 3.00. The van der Waals surface area contributed by atoms with Crippen molar-refractivity contribution in [2.75, 3.05) is 26.0 Å². The molecule has 3 rings (SSSR count). The average molecular weight is 533 g/mol. The van der Waals surface area contributed by atoms with Crippen LogP contribution in [-0.2, 0) is 19.4 Å². The van der Waals surface area contributed by atoms with Gasteiger partial charge in [0.05, 0.1) is 19.3 Å². The number of amides is 1. The number of aryl methyl sites for hydroxylation is 1. The average Bonchev–Trinajstić information content (AvgIpc) is 2.95. The molecular weight excluding hydrogens is 488 g/mol. The molecule has 0 spiro atoms. The fourth-order valence-corrected chi connectivity index (χ4v) is 4.52. The van der Waals surface area contributed by atoms with Gasteiger partial charge in [0.15, 0.2) is 0 Å². The monoisotopic (exact) mass is 532 g/mol. The lowest BCUT2D eigenvalue weighted by Gasteiger charge is -2.25. The van der Waals surface area contributed by atoms with E-state index in [2.05, 4.69) is 90.2 Å². The molecule has 1 heterocycles. The molecule has 0 fully saturated rings. The Kier molecular flexibility index (Phi) is 11.8. The highest BCUT2D eigenvalue weighted by Gasteiger charge is 2.23. The van der Waals surface area contributed by atoms with Crippen LogP contribution in [-0.4, -0.2) is 48.8 Å². The number of pyridine rings is 1. The van der Waals surface area contributed by atoms with Crippen molar-refractivity contribution in [2.45, 2.75) is 71.1 Å². The highest BCUT2D eigenvalue weighted by Crippen LogP contribution is 2.18. The van der Waals surface area contributed by atoms with Crippen molar-refractivity contribution in [3.63, 3.8) is 0 Å². The topological polar surface area (TPSA) is 95.5 Å². The van der Waals surface area contributed by atoms with Crippen molar-refractivity contribution in [1.29, 1.82) is 0 Å². The smallest absolute Gasteiger partial charge is 0.251 e. The zero-order valence-corrected chi connectivity index (χ0v) is 24.0. The zero-order chi connectivity index (χ0) is 28.2. The molecule has 210 valence electrons. The van der Waals surface area contributed by atoms with Gasteiger partial charge in [-0.2, -0.15) is 4.98 Å². The van der Waals surface area contributed by atoms with Crippen LogP contribution in [0.2, 0.25) is 0 Å². The standard InChI is InChI=1S/C32H44N4O3/c1-6-7-10-23-11-8-12-24(15-23)17-28(35-32(38)27-18-30(33-4)36-31(19-27)39-5)29(37)21-34-20-25-13-9-14-26(16-25)22(2)3/h8-9,11-16,18-19,22,28-29,34,37H,6-7,10,17,20-21H2,1-5H3,(H,33,36)(H,35,38)/t28-,29-/m0/s1. The molecule has 7 heteroatoms. The third-order valence-corrected chi connectivity index (χ3v) is 6.88. The van der Waals surface area contributed by atoms with Crippen molar-refractivity contribution in [1.82, 2.24) is 15.6 Å². The van der Waals surface area contributed by atoms with Crippen LogP contribution in [0.25, 0.3) is 0 Å². The van der Waals surface area contributed by atoms with E-state index in [1.807, 2.05) is 0 Å². The number of methoxy groups -OCH3 is 1.